The van der Waals surface area contributed by atoms with Gasteiger partial charge in [-0.15, -0.1) is 0 Å². The molecule has 0 radical (unpaired) electrons. The van der Waals surface area contributed by atoms with E-state index in [2.05, 4.69) is 10.6 Å². The van der Waals surface area contributed by atoms with E-state index in [9.17, 15) is 9.59 Å². The van der Waals surface area contributed by atoms with Gasteiger partial charge >= 0.3 is 12.0 Å². The van der Waals surface area contributed by atoms with Crippen LogP contribution < -0.4 is 10.6 Å². The smallest absolute Gasteiger partial charge is 0.330 e. The minimum absolute atomic E-state index is 0.162. The van der Waals surface area contributed by atoms with E-state index in [-0.39, 0.29) is 5.92 Å². The van der Waals surface area contributed by atoms with Crippen molar-refractivity contribution in [2.24, 2.45) is 5.92 Å². The van der Waals surface area contributed by atoms with Crippen LogP contribution in [0.5, 0.6) is 0 Å². The predicted molar refractivity (Wildman–Crippen MR) is 78.4 cm³/mol. The van der Waals surface area contributed by atoms with Crippen molar-refractivity contribution in [2.45, 2.75) is 32.9 Å². The second kappa shape index (κ2) is 7.90. The van der Waals surface area contributed by atoms with E-state index in [0.717, 1.165) is 0 Å². The molecule has 0 aliphatic heterocycles. The summed E-state index contributed by atoms with van der Waals surface area (Å²) in [5.41, 5.74) is 0.622. The summed E-state index contributed by atoms with van der Waals surface area (Å²) in [5.74, 6) is -0.785. The Balaban J connectivity index is 2.64. The van der Waals surface area contributed by atoms with Crippen molar-refractivity contribution in [3.63, 3.8) is 0 Å². The van der Waals surface area contributed by atoms with Crippen LogP contribution in [0.15, 0.2) is 30.3 Å². The maximum Gasteiger partial charge on any atom is 0.330 e. The molecule has 0 unspecified atom stereocenters. The molecule has 6 heteroatoms. The van der Waals surface area contributed by atoms with Crippen LogP contribution >= 0.6 is 0 Å². The fourth-order valence-electron chi connectivity index (χ4n) is 1.60. The second-order valence-electron chi connectivity index (χ2n) is 4.89. The number of para-hydroxylation sites is 1. The number of nitrogens with one attached hydrogen (secondary N) is 2. The molecule has 0 heterocycles. The Morgan fingerprint density at radius 2 is 1.81 bits per heavy atom. The molecule has 2 N–H and O–H groups in total. The Labute approximate surface area is 124 Å². The molecule has 0 fully saturated rings. The summed E-state index contributed by atoms with van der Waals surface area (Å²) in [4.78, 5) is 23.8. The zero-order valence-corrected chi connectivity index (χ0v) is 12.3. The standard InChI is InChI=1S/C15H19N3O3/c1-10(2)13(14(19)21-11(3)9-16)18-15(20)17-12-7-5-4-6-8-12/h4-8,10-11,13H,1-3H3,(H2,17,18,20)/t11-,13+/m0/s1. The maximum atomic E-state index is 11.9. The van der Waals surface area contributed by atoms with Gasteiger partial charge in [0.15, 0.2) is 6.10 Å². The molecule has 0 saturated carbocycles. The Bertz CT molecular complexity index is 523. The summed E-state index contributed by atoms with van der Waals surface area (Å²) >= 11 is 0. The highest BCUT2D eigenvalue weighted by atomic mass is 16.5. The zero-order chi connectivity index (χ0) is 15.8. The van der Waals surface area contributed by atoms with Gasteiger partial charge in [-0.2, -0.15) is 5.26 Å². The maximum absolute atomic E-state index is 11.9. The van der Waals surface area contributed by atoms with Gasteiger partial charge < -0.3 is 15.4 Å². The molecule has 2 amide bonds. The number of anilines is 1. The van der Waals surface area contributed by atoms with E-state index in [0.29, 0.717) is 5.69 Å². The Morgan fingerprint density at radius 3 is 2.33 bits per heavy atom. The minimum Gasteiger partial charge on any atom is -0.446 e. The van der Waals surface area contributed by atoms with E-state index in [1.54, 1.807) is 38.1 Å². The van der Waals surface area contributed by atoms with Gasteiger partial charge in [0.05, 0.1) is 0 Å². The van der Waals surface area contributed by atoms with Crippen LogP contribution in [-0.4, -0.2) is 24.1 Å². The first-order valence-corrected chi connectivity index (χ1v) is 6.66. The van der Waals surface area contributed by atoms with E-state index in [1.807, 2.05) is 12.1 Å². The van der Waals surface area contributed by atoms with Crippen LogP contribution in [0.4, 0.5) is 10.5 Å². The van der Waals surface area contributed by atoms with Gasteiger partial charge in [0.1, 0.15) is 12.1 Å². The number of nitrogens with zero attached hydrogens (tertiary/aromatic N) is 1. The lowest BCUT2D eigenvalue weighted by Crippen LogP contribution is -2.47. The largest absolute Gasteiger partial charge is 0.446 e. The number of hydrogen-bond acceptors (Lipinski definition) is 4. The van der Waals surface area contributed by atoms with E-state index in [1.165, 1.54) is 6.92 Å². The molecular weight excluding hydrogens is 270 g/mol. The van der Waals surface area contributed by atoms with Crippen LogP contribution in [0, 0.1) is 17.2 Å². The van der Waals surface area contributed by atoms with Crippen molar-refractivity contribution < 1.29 is 14.3 Å². The van der Waals surface area contributed by atoms with Crippen LogP contribution in [0.1, 0.15) is 20.8 Å². The Kier molecular flexibility index (Phi) is 6.21. The third-order valence-electron chi connectivity index (χ3n) is 2.71. The third-order valence-corrected chi connectivity index (χ3v) is 2.71. The molecular formula is C15H19N3O3. The highest BCUT2D eigenvalue weighted by Crippen LogP contribution is 2.08. The van der Waals surface area contributed by atoms with Crippen molar-refractivity contribution in [1.82, 2.24) is 5.32 Å². The topological polar surface area (TPSA) is 91.2 Å². The van der Waals surface area contributed by atoms with Gasteiger partial charge in [0.2, 0.25) is 0 Å². The number of carbonyl (C=O) groups excluding carboxylic acids is 2. The lowest BCUT2D eigenvalue weighted by molar-refractivity contribution is -0.149. The van der Waals surface area contributed by atoms with Crippen molar-refractivity contribution in [2.75, 3.05) is 5.32 Å². The number of esters is 1. The molecule has 0 saturated heterocycles. The summed E-state index contributed by atoms with van der Waals surface area (Å²) < 4.78 is 4.93. The first-order valence-electron chi connectivity index (χ1n) is 6.66. The summed E-state index contributed by atoms with van der Waals surface area (Å²) in [7, 11) is 0. The Morgan fingerprint density at radius 1 is 1.19 bits per heavy atom. The molecule has 1 rings (SSSR count). The number of benzene rings is 1. The fraction of sp³-hybridized carbons (Fsp3) is 0.400. The quantitative estimate of drug-likeness (QED) is 0.813. The first kappa shape index (κ1) is 16.5. The second-order valence-corrected chi connectivity index (χ2v) is 4.89. The molecule has 1 aromatic rings. The van der Waals surface area contributed by atoms with Crippen LogP contribution in [-0.2, 0) is 9.53 Å². The molecule has 21 heavy (non-hydrogen) atoms. The van der Waals surface area contributed by atoms with E-state index in [4.69, 9.17) is 10.00 Å². The number of urea groups is 1. The van der Waals surface area contributed by atoms with Crippen molar-refractivity contribution >= 4 is 17.7 Å². The average Bonchev–Trinajstić information content (AvgIpc) is 2.45. The summed E-state index contributed by atoms with van der Waals surface area (Å²) in [6, 6.07) is 9.38. The highest BCUT2D eigenvalue weighted by molar-refractivity contribution is 5.92. The van der Waals surface area contributed by atoms with Gasteiger partial charge in [-0.1, -0.05) is 32.0 Å². The molecule has 0 aliphatic rings. The minimum atomic E-state index is -0.849. The lowest BCUT2D eigenvalue weighted by atomic mass is 10.1. The zero-order valence-electron chi connectivity index (χ0n) is 12.3. The molecule has 0 aliphatic carbocycles. The molecule has 0 spiro atoms. The van der Waals surface area contributed by atoms with Gasteiger partial charge in [0, 0.05) is 5.69 Å². The van der Waals surface area contributed by atoms with Crippen molar-refractivity contribution in [3.8, 4) is 6.07 Å². The van der Waals surface area contributed by atoms with E-state index >= 15 is 0 Å². The molecule has 6 nitrogen and oxygen atoms in total. The molecule has 112 valence electrons. The lowest BCUT2D eigenvalue weighted by Gasteiger charge is -2.21. The van der Waals surface area contributed by atoms with Crippen molar-refractivity contribution in [1.29, 1.82) is 5.26 Å². The van der Waals surface area contributed by atoms with Gasteiger partial charge in [-0.3, -0.25) is 0 Å². The third kappa shape index (κ3) is 5.53. The van der Waals surface area contributed by atoms with Crippen molar-refractivity contribution in [3.05, 3.63) is 30.3 Å². The number of carbonyl (C=O) groups is 2. The number of ether oxygens (including phenoxy) is 1. The van der Waals surface area contributed by atoms with Crippen LogP contribution in [0.2, 0.25) is 0 Å². The molecule has 0 aromatic heterocycles. The normalized spacial score (nSPS) is 12.9. The van der Waals surface area contributed by atoms with Gasteiger partial charge in [0.25, 0.3) is 0 Å². The number of hydrogen-bond donors (Lipinski definition) is 2. The number of amides is 2. The molecule has 2 atom stereocenters. The number of rotatable bonds is 5. The van der Waals surface area contributed by atoms with Crippen LogP contribution in [0.3, 0.4) is 0 Å². The molecule has 1 aromatic carbocycles. The predicted octanol–water partition coefficient (Wildman–Crippen LogP) is 2.29. The average molecular weight is 289 g/mol. The highest BCUT2D eigenvalue weighted by Gasteiger charge is 2.27. The Hall–Kier alpha value is -2.55. The first-order chi connectivity index (χ1) is 9.93. The number of nitriles is 1. The van der Waals surface area contributed by atoms with Crippen LogP contribution in [0.25, 0.3) is 0 Å². The van der Waals surface area contributed by atoms with Gasteiger partial charge in [-0.05, 0) is 25.0 Å². The SMILES string of the molecule is CC(C)[C@@H](NC(=O)Nc1ccccc1)C(=O)O[C@@H](C)C#N. The summed E-state index contributed by atoms with van der Waals surface area (Å²) in [6.07, 6.45) is -0.849. The van der Waals surface area contributed by atoms with E-state index < -0.39 is 24.1 Å². The summed E-state index contributed by atoms with van der Waals surface area (Å²) in [6.45, 7) is 5.04. The molecule has 0 bridgehead atoms. The van der Waals surface area contributed by atoms with Gasteiger partial charge in [-0.25, -0.2) is 9.59 Å². The monoisotopic (exact) mass is 289 g/mol. The fourth-order valence-corrected chi connectivity index (χ4v) is 1.60. The summed E-state index contributed by atoms with van der Waals surface area (Å²) in [5, 5.41) is 13.8.